The fourth-order valence-electron chi connectivity index (χ4n) is 4.40. The van der Waals surface area contributed by atoms with Crippen molar-refractivity contribution in [3.8, 4) is 5.69 Å². The molecule has 2 heterocycles. The minimum absolute atomic E-state index is 0.0964. The first-order valence-corrected chi connectivity index (χ1v) is 12.4. The van der Waals surface area contributed by atoms with E-state index in [1.807, 2.05) is 56.3 Å². The van der Waals surface area contributed by atoms with E-state index in [4.69, 9.17) is 4.74 Å². The van der Waals surface area contributed by atoms with Gasteiger partial charge in [-0.1, -0.05) is 48.5 Å². The summed E-state index contributed by atoms with van der Waals surface area (Å²) in [4.78, 5) is 32.4. The molecule has 196 valence electrons. The summed E-state index contributed by atoms with van der Waals surface area (Å²) in [6, 6.07) is 16.7. The number of imidazole rings is 1. The summed E-state index contributed by atoms with van der Waals surface area (Å²) in [6.07, 6.45) is 4.23. The Morgan fingerprint density at radius 1 is 1.08 bits per heavy atom. The van der Waals surface area contributed by atoms with Crippen molar-refractivity contribution >= 4 is 18.2 Å². The van der Waals surface area contributed by atoms with Gasteiger partial charge in [-0.25, -0.2) is 15.2 Å². The zero-order chi connectivity index (χ0) is 27.1. The molecule has 3 N–H and O–H groups in total. The molecule has 9 nitrogen and oxygen atoms in total. The molecule has 38 heavy (non-hydrogen) atoms. The third-order valence-electron chi connectivity index (χ3n) is 6.31. The fourth-order valence-corrected chi connectivity index (χ4v) is 4.40. The van der Waals surface area contributed by atoms with E-state index in [1.54, 1.807) is 12.4 Å². The van der Waals surface area contributed by atoms with Crippen molar-refractivity contribution in [3.05, 3.63) is 106 Å². The number of benzene rings is 2. The minimum Gasteiger partial charge on any atom is -0.445 e. The lowest BCUT2D eigenvalue weighted by Gasteiger charge is -2.16. The molecule has 0 unspecified atom stereocenters. The molecule has 2 aromatic carbocycles. The molecule has 0 fully saturated rings. The highest BCUT2D eigenvalue weighted by molar-refractivity contribution is 5.88. The van der Waals surface area contributed by atoms with Crippen molar-refractivity contribution in [3.63, 3.8) is 0 Å². The van der Waals surface area contributed by atoms with E-state index in [-0.39, 0.29) is 13.0 Å². The Hall–Kier alpha value is -4.66. The summed E-state index contributed by atoms with van der Waals surface area (Å²) in [5, 5.41) is 6.82. The summed E-state index contributed by atoms with van der Waals surface area (Å²) in [5.41, 5.74) is 10.5. The van der Waals surface area contributed by atoms with Gasteiger partial charge in [-0.05, 0) is 50.5 Å². The van der Waals surface area contributed by atoms with Crippen LogP contribution in [-0.4, -0.2) is 38.8 Å². The number of hydrazone groups is 1. The van der Waals surface area contributed by atoms with E-state index in [1.165, 1.54) is 17.5 Å². The van der Waals surface area contributed by atoms with Crippen LogP contribution in [0.15, 0.2) is 72.2 Å². The molecule has 2 aromatic heterocycles. The Kier molecular flexibility index (Phi) is 8.37. The highest BCUT2D eigenvalue weighted by Crippen LogP contribution is 2.25. The first kappa shape index (κ1) is 26.4. The average Bonchev–Trinajstić information content (AvgIpc) is 3.51. The monoisotopic (exact) mass is 512 g/mol. The van der Waals surface area contributed by atoms with Gasteiger partial charge in [0.25, 0.3) is 5.91 Å². The standard InChI is InChI=1S/C29H32N6O3/c1-19-9-8-10-20(2)27(19)35-21(3)13-24(22(35)4)15-32-34-28(36)26(14-25-16-30-18-31-25)33-29(37)38-17-23-11-6-5-7-12-23/h5-13,15-16,18,26H,14,17H2,1-4H3,(H,30,31)(H,33,37)(H,34,36)/b32-15-/t26-/m0/s1. The molecule has 0 saturated carbocycles. The average molecular weight is 513 g/mol. The normalized spacial score (nSPS) is 11.9. The Bertz CT molecular complexity index is 1400. The zero-order valence-corrected chi connectivity index (χ0v) is 22.0. The second kappa shape index (κ2) is 12.1. The van der Waals surface area contributed by atoms with Gasteiger partial charge >= 0.3 is 6.09 Å². The van der Waals surface area contributed by atoms with E-state index in [9.17, 15) is 9.59 Å². The van der Waals surface area contributed by atoms with E-state index >= 15 is 0 Å². The molecule has 0 spiro atoms. The highest BCUT2D eigenvalue weighted by atomic mass is 16.5. The molecule has 0 radical (unpaired) electrons. The molecule has 4 aromatic rings. The van der Waals surface area contributed by atoms with Crippen molar-refractivity contribution in [2.24, 2.45) is 5.10 Å². The molecular weight excluding hydrogens is 480 g/mol. The lowest BCUT2D eigenvalue weighted by molar-refractivity contribution is -0.123. The largest absolute Gasteiger partial charge is 0.445 e. The maximum absolute atomic E-state index is 13.0. The molecule has 4 rings (SSSR count). The van der Waals surface area contributed by atoms with Gasteiger partial charge in [-0.2, -0.15) is 5.10 Å². The maximum Gasteiger partial charge on any atom is 0.408 e. The van der Waals surface area contributed by atoms with Crippen LogP contribution >= 0.6 is 0 Å². The third-order valence-corrected chi connectivity index (χ3v) is 6.31. The van der Waals surface area contributed by atoms with Crippen molar-refractivity contribution in [2.75, 3.05) is 0 Å². The van der Waals surface area contributed by atoms with Crippen molar-refractivity contribution in [2.45, 2.75) is 46.8 Å². The number of ether oxygens (including phenoxy) is 1. The number of aromatic amines is 1. The number of hydrogen-bond donors (Lipinski definition) is 3. The van der Waals surface area contributed by atoms with Crippen LogP contribution in [0.5, 0.6) is 0 Å². The summed E-state index contributed by atoms with van der Waals surface area (Å²) < 4.78 is 7.49. The van der Waals surface area contributed by atoms with E-state index in [0.29, 0.717) is 5.69 Å². The van der Waals surface area contributed by atoms with Gasteiger partial charge in [0.15, 0.2) is 0 Å². The van der Waals surface area contributed by atoms with Gasteiger partial charge in [0.05, 0.1) is 18.2 Å². The van der Waals surface area contributed by atoms with Gasteiger partial charge in [-0.3, -0.25) is 4.79 Å². The Labute approximate surface area is 222 Å². The number of amides is 2. The number of nitrogens with zero attached hydrogens (tertiary/aromatic N) is 3. The summed E-state index contributed by atoms with van der Waals surface area (Å²) in [7, 11) is 0. The summed E-state index contributed by atoms with van der Waals surface area (Å²) in [5.74, 6) is -0.476. The van der Waals surface area contributed by atoms with Crippen LogP contribution in [0.3, 0.4) is 0 Å². The topological polar surface area (TPSA) is 113 Å². The van der Waals surface area contributed by atoms with Crippen LogP contribution in [0.1, 0.15) is 39.3 Å². The lowest BCUT2D eigenvalue weighted by atomic mass is 10.1. The number of para-hydroxylation sites is 1. The third kappa shape index (κ3) is 6.36. The van der Waals surface area contributed by atoms with Crippen molar-refractivity contribution in [1.82, 2.24) is 25.3 Å². The van der Waals surface area contributed by atoms with E-state index in [0.717, 1.165) is 28.2 Å². The number of hydrogen-bond acceptors (Lipinski definition) is 5. The number of alkyl carbamates (subject to hydrolysis) is 1. The SMILES string of the molecule is Cc1cccc(C)c1-n1c(C)cc(/C=N\NC(=O)[C@H](Cc2cnc[nH]2)NC(=O)OCc2ccccc2)c1C. The van der Waals surface area contributed by atoms with Crippen LogP contribution < -0.4 is 10.7 Å². The number of rotatable bonds is 9. The maximum atomic E-state index is 13.0. The van der Waals surface area contributed by atoms with Crippen LogP contribution in [0.4, 0.5) is 4.79 Å². The first-order chi connectivity index (χ1) is 18.3. The number of carbonyl (C=O) groups excluding carboxylic acids is 2. The number of nitrogens with one attached hydrogen (secondary N) is 3. The number of carbonyl (C=O) groups is 2. The fraction of sp³-hybridized carbons (Fsp3) is 0.241. The molecule has 0 aliphatic rings. The molecule has 2 amide bonds. The highest BCUT2D eigenvalue weighted by Gasteiger charge is 2.23. The molecule has 0 aliphatic carbocycles. The minimum atomic E-state index is -0.919. The number of H-pyrrole nitrogens is 1. The second-order valence-corrected chi connectivity index (χ2v) is 9.18. The quantitative estimate of drug-likeness (QED) is 0.228. The molecule has 0 aliphatic heterocycles. The lowest BCUT2D eigenvalue weighted by Crippen LogP contribution is -2.47. The van der Waals surface area contributed by atoms with E-state index in [2.05, 4.69) is 56.4 Å². The zero-order valence-electron chi connectivity index (χ0n) is 22.0. The molecule has 0 saturated heterocycles. The van der Waals surface area contributed by atoms with Gasteiger partial charge in [-0.15, -0.1) is 0 Å². The van der Waals surface area contributed by atoms with Gasteiger partial charge in [0.1, 0.15) is 12.6 Å². The van der Waals surface area contributed by atoms with Gasteiger partial charge < -0.3 is 19.6 Å². The van der Waals surface area contributed by atoms with Crippen molar-refractivity contribution < 1.29 is 14.3 Å². The number of aromatic nitrogens is 3. The predicted molar refractivity (Wildman–Crippen MR) is 146 cm³/mol. The Morgan fingerprint density at radius 3 is 2.50 bits per heavy atom. The van der Waals surface area contributed by atoms with Gasteiger partial charge in [0, 0.05) is 35.3 Å². The van der Waals surface area contributed by atoms with Crippen LogP contribution in [0.25, 0.3) is 5.69 Å². The first-order valence-electron chi connectivity index (χ1n) is 12.4. The van der Waals surface area contributed by atoms with Crippen LogP contribution in [-0.2, 0) is 22.6 Å². The predicted octanol–water partition coefficient (Wildman–Crippen LogP) is 4.42. The molecular formula is C29H32N6O3. The summed E-state index contributed by atoms with van der Waals surface area (Å²) >= 11 is 0. The Balaban J connectivity index is 1.44. The number of aryl methyl sites for hydroxylation is 3. The molecule has 9 heteroatoms. The van der Waals surface area contributed by atoms with Gasteiger partial charge in [0.2, 0.25) is 0 Å². The van der Waals surface area contributed by atoms with E-state index < -0.39 is 18.0 Å². The Morgan fingerprint density at radius 2 is 1.82 bits per heavy atom. The molecule has 0 bridgehead atoms. The summed E-state index contributed by atoms with van der Waals surface area (Å²) in [6.45, 7) is 8.34. The van der Waals surface area contributed by atoms with Crippen LogP contribution in [0, 0.1) is 27.7 Å². The second-order valence-electron chi connectivity index (χ2n) is 9.18. The molecule has 1 atom stereocenters. The smallest absolute Gasteiger partial charge is 0.408 e. The van der Waals surface area contributed by atoms with Crippen molar-refractivity contribution in [1.29, 1.82) is 0 Å². The van der Waals surface area contributed by atoms with Crippen LogP contribution in [0.2, 0.25) is 0 Å².